The van der Waals surface area contributed by atoms with Gasteiger partial charge >= 0.3 is 0 Å². The van der Waals surface area contributed by atoms with Crippen LogP contribution < -0.4 is 15.5 Å². The third kappa shape index (κ3) is 2.77. The van der Waals surface area contributed by atoms with Gasteiger partial charge in [0.1, 0.15) is 12.8 Å². The molecule has 0 saturated carbocycles. The number of aromatic nitrogens is 1. The van der Waals surface area contributed by atoms with Crippen LogP contribution in [0.15, 0.2) is 45.8 Å². The zero-order chi connectivity index (χ0) is 15.7. The lowest BCUT2D eigenvalue weighted by Crippen LogP contribution is -2.45. The first kappa shape index (κ1) is 14.8. The van der Waals surface area contributed by atoms with Crippen molar-refractivity contribution in [3.05, 3.63) is 62.5 Å². The Balaban J connectivity index is 2.00. The van der Waals surface area contributed by atoms with Crippen molar-refractivity contribution in [3.63, 3.8) is 0 Å². The molecule has 0 bridgehead atoms. The minimum Gasteiger partial charge on any atom is -0.483 e. The zero-order valence-corrected chi connectivity index (χ0v) is 13.0. The van der Waals surface area contributed by atoms with Crippen LogP contribution in [0.2, 0.25) is 0 Å². The van der Waals surface area contributed by atoms with E-state index in [-0.39, 0.29) is 29.1 Å². The maximum Gasteiger partial charge on any atom is 0.273 e. The minimum absolute atomic E-state index is 0.0253. The molecule has 1 atom stereocenters. The maximum absolute atomic E-state index is 12.3. The Morgan fingerprint density at radius 1 is 1.32 bits per heavy atom. The molecule has 2 aromatic rings. The Kier molecular flexibility index (Phi) is 4.00. The third-order valence-corrected chi connectivity index (χ3v) is 3.87. The summed E-state index contributed by atoms with van der Waals surface area (Å²) in [5.41, 5.74) is 0.611. The Hall–Kier alpha value is -2.12. The van der Waals surface area contributed by atoms with Crippen LogP contribution in [-0.4, -0.2) is 21.8 Å². The van der Waals surface area contributed by atoms with Gasteiger partial charge in [-0.2, -0.15) is 0 Å². The number of halogens is 1. The number of hydrogen-bond donors (Lipinski definition) is 2. The predicted octanol–water partition coefficient (Wildman–Crippen LogP) is 1.25. The van der Waals surface area contributed by atoms with E-state index < -0.39 is 17.6 Å². The first-order valence-corrected chi connectivity index (χ1v) is 7.44. The second kappa shape index (κ2) is 5.94. The molecule has 1 aromatic heterocycles. The number of hydrogen-bond acceptors (Lipinski definition) is 4. The van der Waals surface area contributed by atoms with Crippen LogP contribution in [0.25, 0.3) is 0 Å². The minimum atomic E-state index is -0.989. The van der Waals surface area contributed by atoms with Crippen molar-refractivity contribution in [3.8, 4) is 5.75 Å². The van der Waals surface area contributed by atoms with Gasteiger partial charge in [0.2, 0.25) is 5.43 Å². The maximum atomic E-state index is 12.3. The van der Waals surface area contributed by atoms with Crippen molar-refractivity contribution >= 4 is 21.8 Å². The molecule has 0 saturated heterocycles. The van der Waals surface area contributed by atoms with Crippen LogP contribution >= 0.6 is 15.9 Å². The lowest BCUT2D eigenvalue weighted by molar-refractivity contribution is 0.0644. The summed E-state index contributed by atoms with van der Waals surface area (Å²) in [6.07, 6.45) is 0.492. The van der Waals surface area contributed by atoms with E-state index >= 15 is 0 Å². The van der Waals surface area contributed by atoms with Crippen molar-refractivity contribution in [1.29, 1.82) is 0 Å². The highest BCUT2D eigenvalue weighted by molar-refractivity contribution is 9.10. The van der Waals surface area contributed by atoms with Crippen molar-refractivity contribution in [2.75, 3.05) is 0 Å². The van der Waals surface area contributed by atoms with Gasteiger partial charge in [-0.25, -0.2) is 0 Å². The van der Waals surface area contributed by atoms with Gasteiger partial charge in [0.05, 0.1) is 11.0 Å². The van der Waals surface area contributed by atoms with E-state index in [9.17, 15) is 14.7 Å². The highest BCUT2D eigenvalue weighted by Gasteiger charge is 2.28. The number of fused-ring (bicyclic) bond motifs is 1. The van der Waals surface area contributed by atoms with Gasteiger partial charge in [-0.15, -0.1) is 0 Å². The third-order valence-electron chi connectivity index (χ3n) is 3.30. The van der Waals surface area contributed by atoms with Gasteiger partial charge in [0.25, 0.3) is 5.91 Å². The summed E-state index contributed by atoms with van der Waals surface area (Å²) in [4.78, 5) is 24.3. The summed E-state index contributed by atoms with van der Waals surface area (Å²) in [6, 6.07) is 9.35. The number of carbonyl (C=O) groups is 1. The number of benzene rings is 1. The summed E-state index contributed by atoms with van der Waals surface area (Å²) in [5.74, 6) is -0.561. The number of pyridine rings is 1. The normalized spacial score (nSPS) is 16.8. The first-order valence-electron chi connectivity index (χ1n) is 6.65. The molecule has 2 heterocycles. The van der Waals surface area contributed by atoms with Gasteiger partial charge < -0.3 is 19.7 Å². The van der Waals surface area contributed by atoms with E-state index in [0.717, 1.165) is 5.56 Å². The number of amides is 1. The molecular formula is C15H13BrN2O4. The molecule has 6 nitrogen and oxygen atoms in total. The molecule has 3 rings (SSSR count). The molecule has 1 amide bonds. The number of rotatable bonds is 3. The molecule has 1 aromatic carbocycles. The van der Waals surface area contributed by atoms with Crippen molar-refractivity contribution in [2.24, 2.45) is 0 Å². The second-order valence-electron chi connectivity index (χ2n) is 4.90. The lowest BCUT2D eigenvalue weighted by Gasteiger charge is -2.25. The van der Waals surface area contributed by atoms with Gasteiger partial charge in [-0.05, 0) is 21.5 Å². The Morgan fingerprint density at radius 3 is 2.77 bits per heavy atom. The Morgan fingerprint density at radius 2 is 2.05 bits per heavy atom. The highest BCUT2D eigenvalue weighted by Crippen LogP contribution is 2.22. The summed E-state index contributed by atoms with van der Waals surface area (Å²) >= 11 is 3.16. The second-order valence-corrected chi connectivity index (χ2v) is 5.75. The zero-order valence-electron chi connectivity index (χ0n) is 11.5. The number of carbonyl (C=O) groups excluding carboxylic acids is 1. The number of aliphatic hydroxyl groups excluding tert-OH is 1. The summed E-state index contributed by atoms with van der Waals surface area (Å²) in [6.45, 7) is 0.330. The van der Waals surface area contributed by atoms with Crippen molar-refractivity contribution < 1.29 is 14.6 Å². The Bertz CT molecular complexity index is 773. The first-order chi connectivity index (χ1) is 10.6. The lowest BCUT2D eigenvalue weighted by atomic mass is 10.2. The number of aliphatic hydroxyl groups is 1. The van der Waals surface area contributed by atoms with Gasteiger partial charge in [0.15, 0.2) is 11.4 Å². The fourth-order valence-corrected chi connectivity index (χ4v) is 2.73. The standard InChI is InChI=1S/C15H13BrN2O4/c16-10-6-18-7-11(19)17-15(21)12(18)14(13(10)20)22-8-9-4-2-1-3-5-9/h1-6,11,19H,7-8H2,(H,17,21). The fourth-order valence-electron chi connectivity index (χ4n) is 2.30. The van der Waals surface area contributed by atoms with Gasteiger partial charge in [0, 0.05) is 6.20 Å². The molecule has 1 unspecified atom stereocenters. The molecule has 22 heavy (non-hydrogen) atoms. The van der Waals surface area contributed by atoms with Crippen LogP contribution in [0, 0.1) is 0 Å². The van der Waals surface area contributed by atoms with E-state index in [0.29, 0.717) is 0 Å². The van der Waals surface area contributed by atoms with Crippen LogP contribution in [0.3, 0.4) is 0 Å². The molecule has 0 spiro atoms. The van der Waals surface area contributed by atoms with E-state index in [1.54, 1.807) is 0 Å². The molecular weight excluding hydrogens is 352 g/mol. The van der Waals surface area contributed by atoms with E-state index in [1.165, 1.54) is 10.8 Å². The molecule has 2 N–H and O–H groups in total. The molecule has 0 aliphatic carbocycles. The SMILES string of the molecule is O=C1NC(O)Cn2cc(Br)c(=O)c(OCc3ccccc3)c21. The number of nitrogens with one attached hydrogen (secondary N) is 1. The summed E-state index contributed by atoms with van der Waals surface area (Å²) < 4.78 is 7.39. The number of nitrogens with zero attached hydrogens (tertiary/aromatic N) is 1. The smallest absolute Gasteiger partial charge is 0.273 e. The van der Waals surface area contributed by atoms with Crippen LogP contribution in [0.1, 0.15) is 16.1 Å². The summed E-state index contributed by atoms with van der Waals surface area (Å²) in [7, 11) is 0. The molecule has 7 heteroatoms. The van der Waals surface area contributed by atoms with E-state index in [4.69, 9.17) is 4.74 Å². The van der Waals surface area contributed by atoms with Crippen LogP contribution in [-0.2, 0) is 13.2 Å². The molecule has 1 aliphatic heterocycles. The average molecular weight is 365 g/mol. The molecule has 1 aliphatic rings. The molecule has 114 valence electrons. The van der Waals surface area contributed by atoms with Gasteiger partial charge in [-0.3, -0.25) is 9.59 Å². The van der Waals surface area contributed by atoms with E-state index in [1.807, 2.05) is 30.3 Å². The topological polar surface area (TPSA) is 80.6 Å². The average Bonchev–Trinajstić information content (AvgIpc) is 2.49. The van der Waals surface area contributed by atoms with Crippen LogP contribution in [0.4, 0.5) is 0 Å². The number of ether oxygens (including phenoxy) is 1. The monoisotopic (exact) mass is 364 g/mol. The van der Waals surface area contributed by atoms with E-state index in [2.05, 4.69) is 21.2 Å². The molecule has 0 fully saturated rings. The van der Waals surface area contributed by atoms with Crippen LogP contribution in [0.5, 0.6) is 5.75 Å². The Labute approximate surface area is 134 Å². The van der Waals surface area contributed by atoms with Crippen molar-refractivity contribution in [1.82, 2.24) is 9.88 Å². The highest BCUT2D eigenvalue weighted by atomic mass is 79.9. The fraction of sp³-hybridized carbons (Fsp3) is 0.200. The summed E-state index contributed by atoms with van der Waals surface area (Å²) in [5, 5.41) is 12.0. The van der Waals surface area contributed by atoms with Gasteiger partial charge in [-0.1, -0.05) is 30.3 Å². The van der Waals surface area contributed by atoms with Crippen molar-refractivity contribution in [2.45, 2.75) is 19.4 Å². The predicted molar refractivity (Wildman–Crippen MR) is 82.6 cm³/mol. The quantitative estimate of drug-likeness (QED) is 0.858. The largest absolute Gasteiger partial charge is 0.483 e. The molecule has 0 radical (unpaired) electrons.